The van der Waals surface area contributed by atoms with Crippen molar-refractivity contribution in [1.82, 2.24) is 9.97 Å². The predicted molar refractivity (Wildman–Crippen MR) is 83.4 cm³/mol. The van der Waals surface area contributed by atoms with Crippen molar-refractivity contribution in [3.63, 3.8) is 0 Å². The first-order valence-electron chi connectivity index (χ1n) is 6.55. The monoisotopic (exact) mass is 306 g/mol. The lowest BCUT2D eigenvalue weighted by molar-refractivity contribution is 0.0527. The Hall–Kier alpha value is -2.15. The summed E-state index contributed by atoms with van der Waals surface area (Å²) < 4.78 is 5.04. The number of anilines is 2. The van der Waals surface area contributed by atoms with E-state index in [1.807, 2.05) is 19.2 Å². The van der Waals surface area contributed by atoms with Crippen molar-refractivity contribution < 1.29 is 9.53 Å². The molecule has 0 unspecified atom stereocenters. The van der Waals surface area contributed by atoms with Gasteiger partial charge in [0.25, 0.3) is 0 Å². The van der Waals surface area contributed by atoms with Crippen LogP contribution in [0, 0.1) is 0 Å². The molecule has 6 nitrogen and oxygen atoms in total. The Morgan fingerprint density at radius 3 is 2.86 bits per heavy atom. The number of pyridine rings is 1. The highest BCUT2D eigenvalue weighted by atomic mass is 32.1. The number of nitrogen functional groups attached to an aromatic ring is 1. The van der Waals surface area contributed by atoms with Gasteiger partial charge in [-0.15, -0.1) is 11.3 Å². The molecule has 0 aliphatic rings. The summed E-state index contributed by atoms with van der Waals surface area (Å²) in [5.41, 5.74) is 5.99. The van der Waals surface area contributed by atoms with E-state index in [4.69, 9.17) is 10.5 Å². The molecule has 2 heterocycles. The summed E-state index contributed by atoms with van der Waals surface area (Å²) in [6.45, 7) is 5.99. The average molecular weight is 306 g/mol. The molecule has 2 aromatic rings. The van der Waals surface area contributed by atoms with E-state index in [0.29, 0.717) is 23.7 Å². The lowest BCUT2D eigenvalue weighted by Crippen LogP contribution is -2.29. The summed E-state index contributed by atoms with van der Waals surface area (Å²) in [6.07, 6.45) is 3.25. The van der Waals surface area contributed by atoms with E-state index in [0.717, 1.165) is 5.01 Å². The zero-order valence-corrected chi connectivity index (χ0v) is 13.0. The first kappa shape index (κ1) is 15.2. The van der Waals surface area contributed by atoms with E-state index in [1.54, 1.807) is 19.2 Å². The third-order valence-electron chi connectivity index (χ3n) is 2.80. The summed E-state index contributed by atoms with van der Waals surface area (Å²) in [5.74, 6) is -0.0161. The van der Waals surface area contributed by atoms with Gasteiger partial charge in [-0.1, -0.05) is 0 Å². The SMILES string of the molecule is CCOC(=O)c1cc(N)cnc1NC(C)(C)c1nccs1. The number of esters is 1. The van der Waals surface area contributed by atoms with Crippen molar-refractivity contribution in [2.45, 2.75) is 26.3 Å². The Labute approximate surface area is 127 Å². The molecule has 2 rings (SSSR count). The number of ether oxygens (including phenoxy) is 1. The van der Waals surface area contributed by atoms with Crippen LogP contribution in [0.1, 0.15) is 36.1 Å². The minimum atomic E-state index is -0.460. The van der Waals surface area contributed by atoms with Gasteiger partial charge >= 0.3 is 5.97 Å². The maximum Gasteiger partial charge on any atom is 0.341 e. The molecule has 7 heteroatoms. The second-order valence-electron chi connectivity index (χ2n) is 4.97. The Bertz CT molecular complexity index is 626. The summed E-state index contributed by atoms with van der Waals surface area (Å²) in [4.78, 5) is 20.5. The van der Waals surface area contributed by atoms with Crippen LogP contribution in [0.5, 0.6) is 0 Å². The zero-order valence-electron chi connectivity index (χ0n) is 12.2. The molecule has 0 radical (unpaired) electrons. The van der Waals surface area contributed by atoms with Gasteiger partial charge in [-0.25, -0.2) is 14.8 Å². The minimum absolute atomic E-state index is 0.295. The number of nitrogens with two attached hydrogens (primary N) is 1. The van der Waals surface area contributed by atoms with Crippen molar-refractivity contribution in [1.29, 1.82) is 0 Å². The fourth-order valence-corrected chi connectivity index (χ4v) is 2.54. The minimum Gasteiger partial charge on any atom is -0.462 e. The number of hydrogen-bond acceptors (Lipinski definition) is 7. The summed E-state index contributed by atoms with van der Waals surface area (Å²) in [6, 6.07) is 1.56. The van der Waals surface area contributed by atoms with Crippen LogP contribution in [-0.4, -0.2) is 22.5 Å². The smallest absolute Gasteiger partial charge is 0.341 e. The third kappa shape index (κ3) is 3.49. The summed E-state index contributed by atoms with van der Waals surface area (Å²) in [7, 11) is 0. The molecule has 0 spiro atoms. The van der Waals surface area contributed by atoms with Gasteiger partial charge in [0.15, 0.2) is 0 Å². The van der Waals surface area contributed by atoms with Gasteiger partial charge in [-0.3, -0.25) is 0 Å². The molecule has 0 aliphatic heterocycles. The van der Waals surface area contributed by atoms with Crippen LogP contribution in [0.4, 0.5) is 11.5 Å². The van der Waals surface area contributed by atoms with Crippen LogP contribution in [0.3, 0.4) is 0 Å². The van der Waals surface area contributed by atoms with Crippen molar-refractivity contribution in [2.75, 3.05) is 17.7 Å². The first-order valence-corrected chi connectivity index (χ1v) is 7.43. The molecular formula is C14H18N4O2S. The van der Waals surface area contributed by atoms with E-state index in [1.165, 1.54) is 17.5 Å². The first-order chi connectivity index (χ1) is 9.94. The molecule has 21 heavy (non-hydrogen) atoms. The van der Waals surface area contributed by atoms with E-state index >= 15 is 0 Å². The number of nitrogens with one attached hydrogen (secondary N) is 1. The van der Waals surface area contributed by atoms with Crippen LogP contribution in [0.2, 0.25) is 0 Å². The van der Waals surface area contributed by atoms with E-state index in [2.05, 4.69) is 15.3 Å². The number of aromatic nitrogens is 2. The second-order valence-corrected chi connectivity index (χ2v) is 5.87. The topological polar surface area (TPSA) is 90.1 Å². The van der Waals surface area contributed by atoms with E-state index in [9.17, 15) is 4.79 Å². The third-order valence-corrected chi connectivity index (χ3v) is 3.90. The van der Waals surface area contributed by atoms with Crippen LogP contribution >= 0.6 is 11.3 Å². The lowest BCUT2D eigenvalue weighted by Gasteiger charge is -2.25. The Morgan fingerprint density at radius 1 is 1.48 bits per heavy atom. The maximum atomic E-state index is 12.0. The fraction of sp³-hybridized carbons (Fsp3) is 0.357. The van der Waals surface area contributed by atoms with Crippen LogP contribution in [0.15, 0.2) is 23.8 Å². The molecule has 0 aliphatic carbocycles. The highest BCUT2D eigenvalue weighted by Gasteiger charge is 2.26. The molecule has 2 aromatic heterocycles. The number of rotatable bonds is 5. The quantitative estimate of drug-likeness (QED) is 0.825. The van der Waals surface area contributed by atoms with Gasteiger partial charge in [-0.2, -0.15) is 0 Å². The summed E-state index contributed by atoms with van der Waals surface area (Å²) >= 11 is 1.53. The number of carbonyl (C=O) groups is 1. The van der Waals surface area contributed by atoms with Gasteiger partial charge in [-0.05, 0) is 26.8 Å². The van der Waals surface area contributed by atoms with Crippen molar-refractivity contribution in [2.24, 2.45) is 0 Å². The average Bonchev–Trinajstić information content (AvgIpc) is 2.95. The van der Waals surface area contributed by atoms with Crippen LogP contribution in [0.25, 0.3) is 0 Å². The predicted octanol–water partition coefficient (Wildman–Crippen LogP) is 2.64. The van der Waals surface area contributed by atoms with Gasteiger partial charge in [0.1, 0.15) is 16.4 Å². The lowest BCUT2D eigenvalue weighted by atomic mass is 10.1. The fourth-order valence-electron chi connectivity index (χ4n) is 1.83. The number of thiazole rings is 1. The second kappa shape index (κ2) is 6.09. The Balaban J connectivity index is 2.33. The van der Waals surface area contributed by atoms with Crippen molar-refractivity contribution in [3.05, 3.63) is 34.4 Å². The Kier molecular flexibility index (Phi) is 4.42. The van der Waals surface area contributed by atoms with Crippen LogP contribution < -0.4 is 11.1 Å². The molecule has 0 atom stereocenters. The van der Waals surface area contributed by atoms with Gasteiger partial charge < -0.3 is 15.8 Å². The largest absolute Gasteiger partial charge is 0.462 e. The van der Waals surface area contributed by atoms with Crippen LogP contribution in [-0.2, 0) is 10.3 Å². The molecule has 0 amide bonds. The van der Waals surface area contributed by atoms with E-state index < -0.39 is 11.5 Å². The Morgan fingerprint density at radius 2 is 2.24 bits per heavy atom. The van der Waals surface area contributed by atoms with Gasteiger partial charge in [0.2, 0.25) is 0 Å². The summed E-state index contributed by atoms with van der Waals surface area (Å²) in [5, 5.41) is 6.04. The molecule has 0 bridgehead atoms. The standard InChI is InChI=1S/C14H18N4O2S/c1-4-20-12(19)10-7-9(15)8-17-11(10)18-14(2,3)13-16-5-6-21-13/h5-8H,4,15H2,1-3H3,(H,17,18). The highest BCUT2D eigenvalue weighted by Crippen LogP contribution is 2.28. The zero-order chi connectivity index (χ0) is 15.5. The molecule has 112 valence electrons. The van der Waals surface area contributed by atoms with E-state index in [-0.39, 0.29) is 0 Å². The molecule has 3 N–H and O–H groups in total. The maximum absolute atomic E-state index is 12.0. The molecule has 0 saturated carbocycles. The number of carbonyl (C=O) groups excluding carboxylic acids is 1. The molecule has 0 fully saturated rings. The highest BCUT2D eigenvalue weighted by molar-refractivity contribution is 7.09. The number of nitrogens with zero attached hydrogens (tertiary/aromatic N) is 2. The van der Waals surface area contributed by atoms with Crippen molar-refractivity contribution in [3.8, 4) is 0 Å². The molecule has 0 saturated heterocycles. The normalized spacial score (nSPS) is 11.2. The molecule has 0 aromatic carbocycles. The molecular weight excluding hydrogens is 288 g/mol. The van der Waals surface area contributed by atoms with Crippen molar-refractivity contribution >= 4 is 28.8 Å². The number of hydrogen-bond donors (Lipinski definition) is 2. The van der Waals surface area contributed by atoms with Gasteiger partial charge in [0.05, 0.1) is 24.0 Å². The van der Waals surface area contributed by atoms with Gasteiger partial charge in [0, 0.05) is 11.6 Å².